The van der Waals surface area contributed by atoms with Gasteiger partial charge in [-0.05, 0) is 43.1 Å². The van der Waals surface area contributed by atoms with Gasteiger partial charge in [0.1, 0.15) is 17.7 Å². The minimum atomic E-state index is -0.632. The molecular formula is C21H15ClFN5O2. The van der Waals surface area contributed by atoms with Crippen molar-refractivity contribution < 1.29 is 9.31 Å². The summed E-state index contributed by atoms with van der Waals surface area (Å²) in [4.78, 5) is 19.5. The molecule has 1 saturated heterocycles. The second-order valence-electron chi connectivity index (χ2n) is 7.37. The molecule has 3 aromatic rings. The number of aromatic nitrogens is 2. The van der Waals surface area contributed by atoms with Gasteiger partial charge in [-0.2, -0.15) is 0 Å². The number of nitrogens with one attached hydrogen (secondary N) is 2. The highest BCUT2D eigenvalue weighted by atomic mass is 35.5. The first-order valence-electron chi connectivity index (χ1n) is 9.39. The standard InChI is InChI=1S/C21H15ClFN5O2/c22-16-2-1-3-17(20(16)23)27-21-13-7-19(28(29)30)11(6-18(13)25-10-26-21)4-5-12-14-8-24-9-15(12)14/h1-3,6-7,10,12,14-15,24H,8-9H2,(H,25,26,27)/t12?,14-,15+. The summed E-state index contributed by atoms with van der Waals surface area (Å²) in [5, 5.41) is 18.2. The van der Waals surface area contributed by atoms with Crippen molar-refractivity contribution in [2.45, 2.75) is 0 Å². The zero-order valence-electron chi connectivity index (χ0n) is 15.5. The van der Waals surface area contributed by atoms with Gasteiger partial charge < -0.3 is 10.6 Å². The summed E-state index contributed by atoms with van der Waals surface area (Å²) in [6.45, 7) is 1.90. The van der Waals surface area contributed by atoms with Crippen LogP contribution in [-0.2, 0) is 0 Å². The van der Waals surface area contributed by atoms with E-state index in [1.165, 1.54) is 24.5 Å². The van der Waals surface area contributed by atoms with Crippen LogP contribution in [0.15, 0.2) is 36.7 Å². The molecule has 0 bridgehead atoms. The molecule has 5 rings (SSSR count). The second-order valence-corrected chi connectivity index (χ2v) is 7.78. The van der Waals surface area contributed by atoms with Crippen molar-refractivity contribution in [1.29, 1.82) is 0 Å². The Morgan fingerprint density at radius 3 is 2.83 bits per heavy atom. The largest absolute Gasteiger partial charge is 0.337 e. The number of rotatable bonds is 3. The molecule has 3 atom stereocenters. The Balaban J connectivity index is 1.55. The maximum Gasteiger partial charge on any atom is 0.285 e. The average Bonchev–Trinajstić information content (AvgIpc) is 3.15. The van der Waals surface area contributed by atoms with Gasteiger partial charge in [0.2, 0.25) is 0 Å². The van der Waals surface area contributed by atoms with Gasteiger partial charge in [-0.1, -0.05) is 29.5 Å². The molecule has 0 radical (unpaired) electrons. The van der Waals surface area contributed by atoms with Crippen LogP contribution in [-0.4, -0.2) is 28.0 Å². The molecule has 30 heavy (non-hydrogen) atoms. The third kappa shape index (κ3) is 3.22. The molecule has 2 aliphatic rings. The fourth-order valence-corrected chi connectivity index (χ4v) is 4.14. The molecule has 1 unspecified atom stereocenters. The van der Waals surface area contributed by atoms with Crippen molar-refractivity contribution in [2.75, 3.05) is 18.4 Å². The molecule has 7 nitrogen and oxygen atoms in total. The van der Waals surface area contributed by atoms with Gasteiger partial charge in [0.05, 0.1) is 21.2 Å². The van der Waals surface area contributed by atoms with E-state index < -0.39 is 10.7 Å². The van der Waals surface area contributed by atoms with Gasteiger partial charge in [-0.25, -0.2) is 14.4 Å². The fraction of sp³-hybridized carbons (Fsp3) is 0.238. The first kappa shape index (κ1) is 18.7. The molecule has 1 saturated carbocycles. The number of hydrogen-bond donors (Lipinski definition) is 2. The van der Waals surface area contributed by atoms with Crippen LogP contribution in [0.1, 0.15) is 5.56 Å². The zero-order valence-corrected chi connectivity index (χ0v) is 16.3. The van der Waals surface area contributed by atoms with Crippen LogP contribution in [0, 0.1) is 45.5 Å². The zero-order chi connectivity index (χ0) is 20.8. The van der Waals surface area contributed by atoms with E-state index in [0.717, 1.165) is 13.1 Å². The summed E-state index contributed by atoms with van der Waals surface area (Å²) >= 11 is 5.83. The molecule has 1 aliphatic heterocycles. The number of halogens is 2. The number of nitro groups is 1. The lowest BCUT2D eigenvalue weighted by atomic mass is 10.1. The van der Waals surface area contributed by atoms with Crippen LogP contribution in [0.25, 0.3) is 10.9 Å². The number of hydrogen-bond acceptors (Lipinski definition) is 6. The van der Waals surface area contributed by atoms with E-state index in [9.17, 15) is 14.5 Å². The molecule has 9 heteroatoms. The summed E-state index contributed by atoms with van der Waals surface area (Å²) in [6, 6.07) is 7.48. The average molecular weight is 424 g/mol. The molecule has 0 amide bonds. The molecule has 2 fully saturated rings. The van der Waals surface area contributed by atoms with Crippen molar-refractivity contribution in [2.24, 2.45) is 17.8 Å². The van der Waals surface area contributed by atoms with Gasteiger partial charge in [-0.3, -0.25) is 10.1 Å². The lowest BCUT2D eigenvalue weighted by Gasteiger charge is -2.10. The van der Waals surface area contributed by atoms with E-state index in [0.29, 0.717) is 28.3 Å². The Bertz CT molecular complexity index is 1250. The molecule has 2 aromatic carbocycles. The molecule has 0 spiro atoms. The van der Waals surface area contributed by atoms with Crippen LogP contribution in [0.5, 0.6) is 0 Å². The molecule has 2 heterocycles. The van der Waals surface area contributed by atoms with Crippen LogP contribution in [0.2, 0.25) is 5.02 Å². The van der Waals surface area contributed by atoms with E-state index in [4.69, 9.17) is 11.6 Å². The van der Waals surface area contributed by atoms with Gasteiger partial charge in [0.25, 0.3) is 5.69 Å². The smallest absolute Gasteiger partial charge is 0.285 e. The van der Waals surface area contributed by atoms with E-state index in [-0.39, 0.29) is 28.1 Å². The quantitative estimate of drug-likeness (QED) is 0.377. The van der Waals surface area contributed by atoms with E-state index in [1.807, 2.05) is 0 Å². The number of piperidine rings is 1. The maximum absolute atomic E-state index is 14.3. The van der Waals surface area contributed by atoms with E-state index >= 15 is 0 Å². The predicted octanol–water partition coefficient (Wildman–Crippen LogP) is 3.89. The number of nitrogens with zero attached hydrogens (tertiary/aromatic N) is 3. The Labute approximate surface area is 175 Å². The predicted molar refractivity (Wildman–Crippen MR) is 111 cm³/mol. The topological polar surface area (TPSA) is 93.0 Å². The van der Waals surface area contributed by atoms with Crippen molar-refractivity contribution in [3.63, 3.8) is 0 Å². The molecular weight excluding hydrogens is 409 g/mol. The van der Waals surface area contributed by atoms with E-state index in [2.05, 4.69) is 32.4 Å². The summed E-state index contributed by atoms with van der Waals surface area (Å²) in [6.07, 6.45) is 1.31. The lowest BCUT2D eigenvalue weighted by Crippen LogP contribution is -2.13. The monoisotopic (exact) mass is 423 g/mol. The van der Waals surface area contributed by atoms with E-state index in [1.54, 1.807) is 12.1 Å². The van der Waals surface area contributed by atoms with Gasteiger partial charge in [0, 0.05) is 17.4 Å². The van der Waals surface area contributed by atoms with Crippen molar-refractivity contribution in [3.8, 4) is 11.8 Å². The second kappa shape index (κ2) is 7.20. The molecule has 150 valence electrons. The Morgan fingerprint density at radius 1 is 1.27 bits per heavy atom. The van der Waals surface area contributed by atoms with Crippen LogP contribution in [0.4, 0.5) is 21.6 Å². The fourth-order valence-electron chi connectivity index (χ4n) is 3.96. The van der Waals surface area contributed by atoms with Gasteiger partial charge in [-0.15, -0.1) is 0 Å². The van der Waals surface area contributed by atoms with Crippen LogP contribution < -0.4 is 10.6 Å². The third-order valence-electron chi connectivity index (χ3n) is 5.62. The Kier molecular flexibility index (Phi) is 4.50. The highest BCUT2D eigenvalue weighted by Gasteiger charge is 2.51. The van der Waals surface area contributed by atoms with Crippen LogP contribution >= 0.6 is 11.6 Å². The minimum absolute atomic E-state index is 0.0399. The SMILES string of the molecule is O=[N+]([O-])c1cc2c(Nc3cccc(Cl)c3F)ncnc2cc1C#CC1[C@H]2CNC[C@@H]12. The molecule has 1 aliphatic carbocycles. The summed E-state index contributed by atoms with van der Waals surface area (Å²) in [5.74, 6) is 7.16. The van der Waals surface area contributed by atoms with Crippen LogP contribution in [0.3, 0.4) is 0 Å². The highest BCUT2D eigenvalue weighted by Crippen LogP contribution is 2.48. The number of nitro benzene ring substituents is 1. The number of fused-ring (bicyclic) bond motifs is 2. The number of benzene rings is 2. The van der Waals surface area contributed by atoms with Gasteiger partial charge >= 0.3 is 0 Å². The minimum Gasteiger partial charge on any atom is -0.337 e. The third-order valence-corrected chi connectivity index (χ3v) is 5.91. The van der Waals surface area contributed by atoms with Crippen molar-refractivity contribution >= 4 is 39.7 Å². The summed E-state index contributed by atoms with van der Waals surface area (Å²) < 4.78 is 14.3. The summed E-state index contributed by atoms with van der Waals surface area (Å²) in [7, 11) is 0. The first-order valence-corrected chi connectivity index (χ1v) is 9.77. The van der Waals surface area contributed by atoms with Crippen molar-refractivity contribution in [1.82, 2.24) is 15.3 Å². The molecule has 2 N–H and O–H groups in total. The van der Waals surface area contributed by atoms with Crippen molar-refractivity contribution in [3.05, 3.63) is 63.2 Å². The Morgan fingerprint density at radius 2 is 2.07 bits per heavy atom. The maximum atomic E-state index is 14.3. The molecule has 1 aromatic heterocycles. The summed E-state index contributed by atoms with van der Waals surface area (Å²) in [5.41, 5.74) is 0.762. The lowest BCUT2D eigenvalue weighted by molar-refractivity contribution is -0.385. The highest BCUT2D eigenvalue weighted by molar-refractivity contribution is 6.31. The normalized spacial score (nSPS) is 21.6. The Hall–Kier alpha value is -3.28. The number of anilines is 2. The van der Waals surface area contributed by atoms with Gasteiger partial charge in [0.15, 0.2) is 5.82 Å². The first-order chi connectivity index (χ1) is 14.5.